The van der Waals surface area contributed by atoms with Gasteiger partial charge in [0.05, 0.1) is 6.04 Å². The summed E-state index contributed by atoms with van der Waals surface area (Å²) in [5.74, 6) is 0.991. The number of carbonyl (C=O) groups is 1. The second kappa shape index (κ2) is 9.47. The van der Waals surface area contributed by atoms with Crippen LogP contribution in [0.3, 0.4) is 0 Å². The van der Waals surface area contributed by atoms with E-state index in [4.69, 9.17) is 5.41 Å². The summed E-state index contributed by atoms with van der Waals surface area (Å²) in [6, 6.07) is 13.0. The Labute approximate surface area is 190 Å². The predicted molar refractivity (Wildman–Crippen MR) is 130 cm³/mol. The molecular weight excluding hydrogens is 400 g/mol. The molecule has 2 aromatic carbocycles. The van der Waals surface area contributed by atoms with Gasteiger partial charge in [-0.1, -0.05) is 52.0 Å². The third-order valence-corrected chi connectivity index (χ3v) is 5.78. The fourth-order valence-corrected chi connectivity index (χ4v) is 3.93. The van der Waals surface area contributed by atoms with E-state index in [2.05, 4.69) is 35.0 Å². The fourth-order valence-electron chi connectivity index (χ4n) is 3.93. The van der Waals surface area contributed by atoms with Crippen LogP contribution in [0.4, 0.5) is 10.5 Å². The van der Waals surface area contributed by atoms with E-state index in [9.17, 15) is 9.90 Å². The molecule has 0 heterocycles. The van der Waals surface area contributed by atoms with Gasteiger partial charge in [0.1, 0.15) is 11.6 Å². The normalized spacial score (nSPS) is 18.5. The van der Waals surface area contributed by atoms with Crippen molar-refractivity contribution in [2.45, 2.75) is 59.4 Å². The molecule has 1 aliphatic rings. The van der Waals surface area contributed by atoms with Crippen molar-refractivity contribution < 1.29 is 9.90 Å². The number of aryl methyl sites for hydroxylation is 1. The SMILES string of the molecule is Cc1cc(O)cc(N/C(=C\C(=N)C(C)(C)C)NC(=O)N[C@H]2CC[C@@H](C)c3ccccc32)c1. The van der Waals surface area contributed by atoms with Crippen LogP contribution in [-0.4, -0.2) is 16.8 Å². The van der Waals surface area contributed by atoms with Gasteiger partial charge >= 0.3 is 6.03 Å². The number of rotatable bonds is 5. The van der Waals surface area contributed by atoms with Crippen LogP contribution < -0.4 is 16.0 Å². The van der Waals surface area contributed by atoms with Gasteiger partial charge in [0, 0.05) is 29.0 Å². The maximum Gasteiger partial charge on any atom is 0.320 e. The molecule has 3 rings (SSSR count). The number of hydrogen-bond donors (Lipinski definition) is 5. The van der Waals surface area contributed by atoms with Crippen molar-refractivity contribution in [1.82, 2.24) is 10.6 Å². The van der Waals surface area contributed by atoms with E-state index in [1.807, 2.05) is 45.9 Å². The minimum Gasteiger partial charge on any atom is -0.508 e. The summed E-state index contributed by atoms with van der Waals surface area (Å²) in [6.07, 6.45) is 3.51. The highest BCUT2D eigenvalue weighted by molar-refractivity contribution is 5.97. The van der Waals surface area contributed by atoms with Crippen LogP contribution in [0.2, 0.25) is 0 Å². The van der Waals surface area contributed by atoms with E-state index in [0.717, 1.165) is 24.0 Å². The molecule has 2 amide bonds. The third kappa shape index (κ3) is 5.90. The Kier molecular flexibility index (Phi) is 6.92. The van der Waals surface area contributed by atoms with Gasteiger partial charge in [-0.3, -0.25) is 5.32 Å². The molecule has 2 aromatic rings. The Morgan fingerprint density at radius 2 is 1.81 bits per heavy atom. The number of nitrogens with one attached hydrogen (secondary N) is 4. The van der Waals surface area contributed by atoms with Gasteiger partial charge in [0.15, 0.2) is 0 Å². The molecule has 2 atom stereocenters. The number of anilines is 1. The van der Waals surface area contributed by atoms with Crippen molar-refractivity contribution in [1.29, 1.82) is 5.41 Å². The summed E-state index contributed by atoms with van der Waals surface area (Å²) < 4.78 is 0. The quantitative estimate of drug-likeness (QED) is 0.376. The summed E-state index contributed by atoms with van der Waals surface area (Å²) in [4.78, 5) is 12.9. The standard InChI is InChI=1S/C26H34N4O2/c1-16-12-18(14-19(31)13-16)28-24(15-23(27)26(3,4)5)30-25(32)29-22-11-10-17(2)20-8-6-7-9-21(20)22/h6-9,12-15,17,22,27-28,31H,10-11H2,1-5H3,(H2,29,30,32)/b24-15+,27-23?/t17-,22+/m1/s1. The first-order chi connectivity index (χ1) is 15.0. The Hall–Kier alpha value is -3.28. The first kappa shape index (κ1) is 23.4. The number of hydrogen-bond acceptors (Lipinski definition) is 4. The summed E-state index contributed by atoms with van der Waals surface area (Å²) in [5, 5.41) is 27.4. The van der Waals surface area contributed by atoms with Crippen molar-refractivity contribution in [2.75, 3.05) is 5.32 Å². The van der Waals surface area contributed by atoms with Gasteiger partial charge in [0.25, 0.3) is 0 Å². The molecule has 32 heavy (non-hydrogen) atoms. The molecule has 1 aliphatic carbocycles. The lowest BCUT2D eigenvalue weighted by Gasteiger charge is -2.30. The van der Waals surface area contributed by atoms with E-state index in [1.54, 1.807) is 18.2 Å². The van der Waals surface area contributed by atoms with Gasteiger partial charge in [0.2, 0.25) is 0 Å². The van der Waals surface area contributed by atoms with E-state index < -0.39 is 0 Å². The summed E-state index contributed by atoms with van der Waals surface area (Å²) in [7, 11) is 0. The summed E-state index contributed by atoms with van der Waals surface area (Å²) in [5.41, 5.74) is 3.95. The lowest BCUT2D eigenvalue weighted by atomic mass is 9.81. The molecule has 6 nitrogen and oxygen atoms in total. The van der Waals surface area contributed by atoms with Gasteiger partial charge < -0.3 is 21.1 Å². The van der Waals surface area contributed by atoms with E-state index in [-0.39, 0.29) is 23.2 Å². The average Bonchev–Trinajstić information content (AvgIpc) is 2.68. The molecule has 170 valence electrons. The first-order valence-electron chi connectivity index (χ1n) is 11.1. The second-order valence-corrected chi connectivity index (χ2v) is 9.66. The van der Waals surface area contributed by atoms with E-state index in [0.29, 0.717) is 23.1 Å². The van der Waals surface area contributed by atoms with Crippen molar-refractivity contribution in [3.05, 3.63) is 71.1 Å². The Bertz CT molecular complexity index is 1020. The van der Waals surface area contributed by atoms with Crippen LogP contribution in [0.1, 0.15) is 69.2 Å². The minimum absolute atomic E-state index is 0.0614. The van der Waals surface area contributed by atoms with Crippen LogP contribution in [0.15, 0.2) is 54.4 Å². The fraction of sp³-hybridized carbons (Fsp3) is 0.385. The number of urea groups is 1. The largest absolute Gasteiger partial charge is 0.508 e. The molecule has 0 aromatic heterocycles. The number of aromatic hydroxyl groups is 1. The molecule has 0 unspecified atom stereocenters. The molecule has 0 spiro atoms. The van der Waals surface area contributed by atoms with Crippen LogP contribution >= 0.6 is 0 Å². The number of benzene rings is 2. The molecular formula is C26H34N4O2. The molecule has 0 radical (unpaired) electrons. The second-order valence-electron chi connectivity index (χ2n) is 9.66. The lowest BCUT2D eigenvalue weighted by Crippen LogP contribution is -2.40. The van der Waals surface area contributed by atoms with Crippen molar-refractivity contribution in [3.63, 3.8) is 0 Å². The Morgan fingerprint density at radius 3 is 2.47 bits per heavy atom. The van der Waals surface area contributed by atoms with Crippen LogP contribution in [0, 0.1) is 17.7 Å². The first-order valence-corrected chi connectivity index (χ1v) is 11.1. The van der Waals surface area contributed by atoms with Crippen LogP contribution in [0.25, 0.3) is 0 Å². The minimum atomic E-state index is -0.377. The van der Waals surface area contributed by atoms with Gasteiger partial charge in [-0.15, -0.1) is 0 Å². The molecule has 0 fully saturated rings. The number of amides is 2. The zero-order chi connectivity index (χ0) is 23.5. The van der Waals surface area contributed by atoms with Gasteiger partial charge in [-0.05, 0) is 54.5 Å². The molecule has 6 heteroatoms. The monoisotopic (exact) mass is 434 g/mol. The molecule has 0 bridgehead atoms. The number of fused-ring (bicyclic) bond motifs is 1. The molecule has 0 saturated carbocycles. The van der Waals surface area contributed by atoms with Crippen LogP contribution in [-0.2, 0) is 0 Å². The highest BCUT2D eigenvalue weighted by Gasteiger charge is 2.26. The maximum atomic E-state index is 12.9. The van der Waals surface area contributed by atoms with Crippen molar-refractivity contribution in [3.8, 4) is 5.75 Å². The Morgan fingerprint density at radius 1 is 1.12 bits per heavy atom. The molecule has 0 aliphatic heterocycles. The maximum absolute atomic E-state index is 12.9. The smallest absolute Gasteiger partial charge is 0.320 e. The predicted octanol–water partition coefficient (Wildman–Crippen LogP) is 5.96. The lowest BCUT2D eigenvalue weighted by molar-refractivity contribution is 0.237. The average molecular weight is 435 g/mol. The number of phenolic OH excluding ortho intramolecular Hbond substituents is 1. The molecule has 5 N–H and O–H groups in total. The van der Waals surface area contributed by atoms with E-state index >= 15 is 0 Å². The summed E-state index contributed by atoms with van der Waals surface area (Å²) >= 11 is 0. The number of phenols is 1. The highest BCUT2D eigenvalue weighted by Crippen LogP contribution is 2.36. The van der Waals surface area contributed by atoms with Crippen molar-refractivity contribution in [2.24, 2.45) is 5.41 Å². The third-order valence-electron chi connectivity index (χ3n) is 5.78. The van der Waals surface area contributed by atoms with Gasteiger partial charge in [-0.2, -0.15) is 0 Å². The number of allylic oxidation sites excluding steroid dienone is 1. The van der Waals surface area contributed by atoms with Crippen LogP contribution in [0.5, 0.6) is 5.75 Å². The van der Waals surface area contributed by atoms with Gasteiger partial charge in [-0.25, -0.2) is 4.79 Å². The highest BCUT2D eigenvalue weighted by atomic mass is 16.3. The number of carbonyl (C=O) groups excluding carboxylic acids is 1. The molecule has 0 saturated heterocycles. The van der Waals surface area contributed by atoms with E-state index in [1.165, 1.54) is 5.56 Å². The zero-order valence-corrected chi connectivity index (χ0v) is 19.5. The topological polar surface area (TPSA) is 97.2 Å². The summed E-state index contributed by atoms with van der Waals surface area (Å²) in [6.45, 7) is 9.94. The van der Waals surface area contributed by atoms with Crippen molar-refractivity contribution >= 4 is 17.4 Å². The zero-order valence-electron chi connectivity index (χ0n) is 19.5. The Balaban J connectivity index is 1.80.